The number of rotatable bonds is 7. The van der Waals surface area contributed by atoms with Gasteiger partial charge in [0.1, 0.15) is 0 Å². The normalized spacial score (nSPS) is 25.1. The Bertz CT molecular complexity index is 201. The van der Waals surface area contributed by atoms with E-state index in [1.165, 1.54) is 13.1 Å². The predicted molar refractivity (Wildman–Crippen MR) is 72.3 cm³/mol. The molecule has 0 saturated carbocycles. The highest BCUT2D eigenvalue weighted by Gasteiger charge is 2.22. The summed E-state index contributed by atoms with van der Waals surface area (Å²) in [6.07, 6.45) is 1.04. The molecule has 4 nitrogen and oxygen atoms in total. The second-order valence-corrected chi connectivity index (χ2v) is 5.00. The Morgan fingerprint density at radius 2 is 2.12 bits per heavy atom. The lowest BCUT2D eigenvalue weighted by Gasteiger charge is -2.39. The molecule has 2 N–H and O–H groups in total. The third-order valence-corrected chi connectivity index (χ3v) is 3.76. The molecular weight excluding hydrogens is 214 g/mol. The fourth-order valence-corrected chi connectivity index (χ4v) is 2.63. The van der Waals surface area contributed by atoms with Gasteiger partial charge in [-0.3, -0.25) is 4.90 Å². The van der Waals surface area contributed by atoms with Crippen molar-refractivity contribution in [2.24, 2.45) is 0 Å². The summed E-state index contributed by atoms with van der Waals surface area (Å²) in [6.45, 7) is 13.6. The quantitative estimate of drug-likeness (QED) is 0.678. The minimum Gasteiger partial charge on any atom is -0.395 e. The molecule has 0 aromatic rings. The van der Waals surface area contributed by atoms with E-state index in [1.807, 2.05) is 0 Å². The van der Waals surface area contributed by atoms with Gasteiger partial charge in [-0.1, -0.05) is 13.8 Å². The molecule has 0 spiro atoms. The Labute approximate surface area is 106 Å². The van der Waals surface area contributed by atoms with Crippen LogP contribution in [0.25, 0.3) is 0 Å². The first-order valence-corrected chi connectivity index (χ1v) is 7.01. The van der Waals surface area contributed by atoms with E-state index < -0.39 is 0 Å². The van der Waals surface area contributed by atoms with Crippen LogP contribution in [0.2, 0.25) is 0 Å². The molecule has 1 fully saturated rings. The van der Waals surface area contributed by atoms with Crippen molar-refractivity contribution in [3.8, 4) is 0 Å². The van der Waals surface area contributed by atoms with Crippen LogP contribution in [0.5, 0.6) is 0 Å². The Morgan fingerprint density at radius 1 is 1.35 bits per heavy atom. The molecule has 0 aromatic heterocycles. The average molecular weight is 243 g/mol. The third kappa shape index (κ3) is 4.92. The summed E-state index contributed by atoms with van der Waals surface area (Å²) < 4.78 is 0. The summed E-state index contributed by atoms with van der Waals surface area (Å²) >= 11 is 0. The van der Waals surface area contributed by atoms with Gasteiger partial charge in [-0.25, -0.2) is 0 Å². The standard InChI is InChI=1S/C13H29N3O/c1-4-14-13(11-17)6-7-15-8-9-16(5-2)12(3)10-15/h12-14,17H,4-11H2,1-3H3. The van der Waals surface area contributed by atoms with Gasteiger partial charge >= 0.3 is 0 Å². The molecule has 0 bridgehead atoms. The van der Waals surface area contributed by atoms with E-state index in [-0.39, 0.29) is 12.6 Å². The van der Waals surface area contributed by atoms with Crippen LogP contribution in [0.3, 0.4) is 0 Å². The molecule has 102 valence electrons. The number of nitrogens with one attached hydrogen (secondary N) is 1. The number of aliphatic hydroxyl groups excluding tert-OH is 1. The summed E-state index contributed by atoms with van der Waals surface area (Å²) in [7, 11) is 0. The van der Waals surface area contributed by atoms with Gasteiger partial charge in [0.15, 0.2) is 0 Å². The number of nitrogens with zero attached hydrogens (tertiary/aromatic N) is 2. The van der Waals surface area contributed by atoms with Gasteiger partial charge in [0, 0.05) is 31.7 Å². The highest BCUT2D eigenvalue weighted by Crippen LogP contribution is 2.09. The molecule has 0 aromatic carbocycles. The van der Waals surface area contributed by atoms with Crippen LogP contribution in [0.4, 0.5) is 0 Å². The lowest BCUT2D eigenvalue weighted by molar-refractivity contribution is 0.0830. The Kier molecular flexibility index (Phi) is 7.04. The molecule has 17 heavy (non-hydrogen) atoms. The van der Waals surface area contributed by atoms with Crippen LogP contribution < -0.4 is 5.32 Å². The van der Waals surface area contributed by atoms with Crippen molar-refractivity contribution in [3.05, 3.63) is 0 Å². The van der Waals surface area contributed by atoms with E-state index >= 15 is 0 Å². The highest BCUT2D eigenvalue weighted by molar-refractivity contribution is 4.79. The second kappa shape index (κ2) is 8.03. The minimum atomic E-state index is 0.248. The van der Waals surface area contributed by atoms with Crippen molar-refractivity contribution in [1.29, 1.82) is 0 Å². The van der Waals surface area contributed by atoms with Crippen molar-refractivity contribution < 1.29 is 5.11 Å². The van der Waals surface area contributed by atoms with Crippen molar-refractivity contribution >= 4 is 0 Å². The number of likely N-dealkylation sites (N-methyl/N-ethyl adjacent to an activating group) is 2. The first-order valence-electron chi connectivity index (χ1n) is 7.01. The lowest BCUT2D eigenvalue weighted by atomic mass is 10.1. The minimum absolute atomic E-state index is 0.248. The highest BCUT2D eigenvalue weighted by atomic mass is 16.3. The fourth-order valence-electron chi connectivity index (χ4n) is 2.63. The molecule has 2 unspecified atom stereocenters. The molecular formula is C13H29N3O. The molecule has 1 heterocycles. The maximum absolute atomic E-state index is 9.23. The first-order chi connectivity index (χ1) is 8.21. The third-order valence-electron chi connectivity index (χ3n) is 3.76. The molecule has 2 atom stereocenters. The molecule has 0 amide bonds. The van der Waals surface area contributed by atoms with Crippen LogP contribution in [-0.2, 0) is 0 Å². The van der Waals surface area contributed by atoms with E-state index in [2.05, 4.69) is 35.9 Å². The van der Waals surface area contributed by atoms with Crippen molar-refractivity contribution in [1.82, 2.24) is 15.1 Å². The molecule has 0 aliphatic carbocycles. The van der Waals surface area contributed by atoms with Gasteiger partial charge in [0.05, 0.1) is 6.61 Å². The van der Waals surface area contributed by atoms with Crippen LogP contribution in [0, 0.1) is 0 Å². The summed E-state index contributed by atoms with van der Waals surface area (Å²) in [5.41, 5.74) is 0. The second-order valence-electron chi connectivity index (χ2n) is 5.00. The molecule has 1 rings (SSSR count). The van der Waals surface area contributed by atoms with E-state index in [1.54, 1.807) is 0 Å². The fraction of sp³-hybridized carbons (Fsp3) is 1.00. The number of aliphatic hydroxyl groups is 1. The Hall–Kier alpha value is -0.160. The maximum Gasteiger partial charge on any atom is 0.0585 e. The van der Waals surface area contributed by atoms with Gasteiger partial charge in [-0.15, -0.1) is 0 Å². The SMILES string of the molecule is CCNC(CO)CCN1CCN(CC)C(C)C1. The lowest BCUT2D eigenvalue weighted by Crippen LogP contribution is -2.52. The monoisotopic (exact) mass is 243 g/mol. The van der Waals surface area contributed by atoms with Crippen molar-refractivity contribution in [3.63, 3.8) is 0 Å². The largest absolute Gasteiger partial charge is 0.395 e. The van der Waals surface area contributed by atoms with Crippen LogP contribution >= 0.6 is 0 Å². The van der Waals surface area contributed by atoms with Gasteiger partial charge in [-0.05, 0) is 33.0 Å². The topological polar surface area (TPSA) is 38.7 Å². The summed E-state index contributed by atoms with van der Waals surface area (Å²) in [5, 5.41) is 12.5. The Morgan fingerprint density at radius 3 is 2.65 bits per heavy atom. The predicted octanol–water partition coefficient (Wildman–Crippen LogP) is 0.373. The number of hydrogen-bond donors (Lipinski definition) is 2. The summed E-state index contributed by atoms with van der Waals surface area (Å²) in [5.74, 6) is 0. The number of piperazine rings is 1. The van der Waals surface area contributed by atoms with Crippen LogP contribution in [-0.4, -0.2) is 72.9 Å². The van der Waals surface area contributed by atoms with Gasteiger partial charge < -0.3 is 15.3 Å². The van der Waals surface area contributed by atoms with Crippen LogP contribution in [0.1, 0.15) is 27.2 Å². The van der Waals surface area contributed by atoms with Crippen LogP contribution in [0.15, 0.2) is 0 Å². The van der Waals surface area contributed by atoms with E-state index in [9.17, 15) is 5.11 Å². The number of hydrogen-bond acceptors (Lipinski definition) is 4. The van der Waals surface area contributed by atoms with Gasteiger partial charge in [-0.2, -0.15) is 0 Å². The molecule has 1 aliphatic rings. The van der Waals surface area contributed by atoms with Gasteiger partial charge in [0.2, 0.25) is 0 Å². The zero-order valence-electron chi connectivity index (χ0n) is 11.7. The van der Waals surface area contributed by atoms with E-state index in [0.29, 0.717) is 6.04 Å². The van der Waals surface area contributed by atoms with Crippen molar-refractivity contribution in [2.45, 2.75) is 39.3 Å². The molecule has 0 radical (unpaired) electrons. The Balaban J connectivity index is 2.24. The average Bonchev–Trinajstić information content (AvgIpc) is 2.34. The van der Waals surface area contributed by atoms with E-state index in [0.717, 1.165) is 32.6 Å². The molecule has 1 saturated heterocycles. The first kappa shape index (κ1) is 14.9. The zero-order valence-corrected chi connectivity index (χ0v) is 11.7. The van der Waals surface area contributed by atoms with Gasteiger partial charge in [0.25, 0.3) is 0 Å². The van der Waals surface area contributed by atoms with Crippen molar-refractivity contribution in [2.75, 3.05) is 45.9 Å². The maximum atomic E-state index is 9.23. The molecule has 4 heteroatoms. The summed E-state index contributed by atoms with van der Waals surface area (Å²) in [6, 6.07) is 0.931. The van der Waals surface area contributed by atoms with E-state index in [4.69, 9.17) is 0 Å². The smallest absolute Gasteiger partial charge is 0.0585 e. The summed E-state index contributed by atoms with van der Waals surface area (Å²) in [4.78, 5) is 5.06. The zero-order chi connectivity index (χ0) is 12.7. The molecule has 1 aliphatic heterocycles.